The van der Waals surface area contributed by atoms with Crippen LogP contribution in [0.5, 0.6) is 11.5 Å². The van der Waals surface area contributed by atoms with Gasteiger partial charge in [-0.1, -0.05) is 12.1 Å². The molecule has 0 radical (unpaired) electrons. The minimum absolute atomic E-state index is 0.0174. The Bertz CT molecular complexity index is 1370. The number of carboxylic acid groups (broad SMARTS) is 1. The summed E-state index contributed by atoms with van der Waals surface area (Å²) >= 11 is 0. The van der Waals surface area contributed by atoms with E-state index in [1.807, 2.05) is 4.90 Å². The molecule has 2 aromatic carbocycles. The SMILES string of the molecule is O=C1C(=Cc2c[nH]c3c([N+](=O)[O-])cccc23)Oc2c1ccc(O)c2CN1CCN(C(=O)O)CC1. The first-order valence-corrected chi connectivity index (χ1v) is 10.6. The minimum Gasteiger partial charge on any atom is -0.507 e. The van der Waals surface area contributed by atoms with Gasteiger partial charge in [-0.25, -0.2) is 4.79 Å². The normalized spacial score (nSPS) is 17.2. The third kappa shape index (κ3) is 3.61. The molecule has 3 heterocycles. The maximum Gasteiger partial charge on any atom is 0.407 e. The molecule has 0 unspecified atom stereocenters. The second-order valence-electron chi connectivity index (χ2n) is 8.13. The lowest BCUT2D eigenvalue weighted by molar-refractivity contribution is -0.383. The number of nitrogens with zero attached hydrogens (tertiary/aromatic N) is 3. The highest BCUT2D eigenvalue weighted by atomic mass is 16.6. The molecule has 1 saturated heterocycles. The number of allylic oxidation sites excluding steroid dienone is 1. The number of carbonyl (C=O) groups excluding carboxylic acids is 1. The van der Waals surface area contributed by atoms with Crippen LogP contribution in [0.15, 0.2) is 42.3 Å². The molecule has 3 N–H and O–H groups in total. The topological polar surface area (TPSA) is 149 Å². The number of nitrogens with one attached hydrogen (secondary N) is 1. The number of nitro groups is 1. The molecule has 34 heavy (non-hydrogen) atoms. The number of non-ortho nitro benzene ring substituents is 1. The predicted molar refractivity (Wildman–Crippen MR) is 121 cm³/mol. The summed E-state index contributed by atoms with van der Waals surface area (Å²) in [5, 5.41) is 31.5. The average Bonchev–Trinajstić information content (AvgIpc) is 3.37. The number of phenolic OH excluding ortho intramolecular Hbond substituents is 1. The van der Waals surface area contributed by atoms with E-state index in [1.54, 1.807) is 18.3 Å². The highest BCUT2D eigenvalue weighted by molar-refractivity contribution is 6.15. The molecule has 0 saturated carbocycles. The van der Waals surface area contributed by atoms with Crippen molar-refractivity contribution in [1.29, 1.82) is 0 Å². The van der Waals surface area contributed by atoms with Gasteiger partial charge in [-0.3, -0.25) is 19.8 Å². The van der Waals surface area contributed by atoms with E-state index < -0.39 is 11.0 Å². The number of ketones is 1. The number of carbonyl (C=O) groups is 2. The van der Waals surface area contributed by atoms with Gasteiger partial charge in [-0.05, 0) is 18.2 Å². The molecule has 0 atom stereocenters. The van der Waals surface area contributed by atoms with Crippen molar-refractivity contribution in [3.8, 4) is 11.5 Å². The molecular formula is C23H20N4O7. The molecule has 11 nitrogen and oxygen atoms in total. The van der Waals surface area contributed by atoms with Crippen LogP contribution in [0.25, 0.3) is 17.0 Å². The highest BCUT2D eigenvalue weighted by Crippen LogP contribution is 2.40. The van der Waals surface area contributed by atoms with Crippen LogP contribution in [0.2, 0.25) is 0 Å². The molecule has 2 aliphatic rings. The quantitative estimate of drug-likeness (QED) is 0.303. The number of benzene rings is 2. The van der Waals surface area contributed by atoms with Crippen LogP contribution in [0.3, 0.4) is 0 Å². The molecule has 11 heteroatoms. The van der Waals surface area contributed by atoms with Crippen molar-refractivity contribution < 1.29 is 29.5 Å². The Morgan fingerprint density at radius 2 is 1.97 bits per heavy atom. The number of fused-ring (bicyclic) bond motifs is 2. The Morgan fingerprint density at radius 1 is 1.21 bits per heavy atom. The summed E-state index contributed by atoms with van der Waals surface area (Å²) < 4.78 is 5.90. The Morgan fingerprint density at radius 3 is 2.68 bits per heavy atom. The number of hydrogen-bond acceptors (Lipinski definition) is 7. The predicted octanol–water partition coefficient (Wildman–Crippen LogP) is 3.19. The van der Waals surface area contributed by atoms with E-state index in [9.17, 15) is 24.8 Å². The van der Waals surface area contributed by atoms with E-state index in [-0.39, 0.29) is 28.7 Å². The van der Waals surface area contributed by atoms with Crippen LogP contribution in [-0.4, -0.2) is 68.0 Å². The van der Waals surface area contributed by atoms with E-state index in [0.717, 1.165) is 0 Å². The second-order valence-corrected chi connectivity index (χ2v) is 8.13. The Labute approximate surface area is 192 Å². The summed E-state index contributed by atoms with van der Waals surface area (Å²) in [5.41, 5.74) is 1.60. The van der Waals surface area contributed by atoms with Crippen LogP contribution in [-0.2, 0) is 6.54 Å². The number of para-hydroxylation sites is 1. The van der Waals surface area contributed by atoms with Gasteiger partial charge in [0, 0.05) is 55.9 Å². The van der Waals surface area contributed by atoms with Crippen molar-refractivity contribution >= 4 is 34.5 Å². The summed E-state index contributed by atoms with van der Waals surface area (Å²) in [5.74, 6) is -0.0596. The van der Waals surface area contributed by atoms with Crippen molar-refractivity contribution in [3.63, 3.8) is 0 Å². The number of aromatic nitrogens is 1. The number of hydrogen-bond donors (Lipinski definition) is 3. The number of aromatic hydroxyl groups is 1. The summed E-state index contributed by atoms with van der Waals surface area (Å²) in [4.78, 5) is 41.2. The van der Waals surface area contributed by atoms with Gasteiger partial charge in [0.05, 0.1) is 16.1 Å². The van der Waals surface area contributed by atoms with E-state index in [4.69, 9.17) is 9.84 Å². The van der Waals surface area contributed by atoms with Gasteiger partial charge >= 0.3 is 6.09 Å². The number of rotatable bonds is 4. The molecule has 0 spiro atoms. The molecule has 1 amide bonds. The maximum absolute atomic E-state index is 13.0. The minimum atomic E-state index is -0.963. The van der Waals surface area contributed by atoms with Crippen molar-refractivity contribution in [1.82, 2.24) is 14.8 Å². The van der Waals surface area contributed by atoms with Crippen LogP contribution in [0, 0.1) is 10.1 Å². The molecule has 5 rings (SSSR count). The van der Waals surface area contributed by atoms with Gasteiger partial charge in [0.15, 0.2) is 5.76 Å². The number of amides is 1. The Kier molecular flexibility index (Phi) is 5.17. The molecular weight excluding hydrogens is 444 g/mol. The fourth-order valence-electron chi connectivity index (χ4n) is 4.34. The van der Waals surface area contributed by atoms with Crippen molar-refractivity contribution in [2.45, 2.75) is 6.54 Å². The van der Waals surface area contributed by atoms with Gasteiger partial charge in [-0.2, -0.15) is 0 Å². The van der Waals surface area contributed by atoms with Gasteiger partial charge in [0.1, 0.15) is 17.0 Å². The van der Waals surface area contributed by atoms with E-state index in [0.29, 0.717) is 60.3 Å². The summed E-state index contributed by atoms with van der Waals surface area (Å²) in [6.07, 6.45) is 2.14. The first-order valence-electron chi connectivity index (χ1n) is 10.6. The van der Waals surface area contributed by atoms with Crippen LogP contribution in [0.1, 0.15) is 21.5 Å². The number of Topliss-reactive ketones (excluding diaryl/α,β-unsaturated/α-hetero) is 1. The highest BCUT2D eigenvalue weighted by Gasteiger charge is 2.32. The Hall–Kier alpha value is -4.38. The van der Waals surface area contributed by atoms with Crippen molar-refractivity contribution in [3.05, 3.63) is 69.1 Å². The molecule has 3 aromatic rings. The average molecular weight is 464 g/mol. The number of phenols is 1. The lowest BCUT2D eigenvalue weighted by atomic mass is 10.0. The fourth-order valence-corrected chi connectivity index (χ4v) is 4.34. The molecule has 2 aliphatic heterocycles. The van der Waals surface area contributed by atoms with E-state index in [2.05, 4.69) is 4.98 Å². The zero-order valence-corrected chi connectivity index (χ0v) is 17.9. The van der Waals surface area contributed by atoms with E-state index in [1.165, 1.54) is 29.2 Å². The fraction of sp³-hybridized carbons (Fsp3) is 0.217. The first kappa shape index (κ1) is 21.5. The Balaban J connectivity index is 1.44. The summed E-state index contributed by atoms with van der Waals surface area (Å²) in [6, 6.07) is 7.63. The van der Waals surface area contributed by atoms with Gasteiger partial charge in [-0.15, -0.1) is 0 Å². The van der Waals surface area contributed by atoms with Crippen molar-refractivity contribution in [2.24, 2.45) is 0 Å². The molecule has 174 valence electrons. The summed E-state index contributed by atoms with van der Waals surface area (Å²) in [6.45, 7) is 1.97. The number of H-pyrrole nitrogens is 1. The van der Waals surface area contributed by atoms with Gasteiger partial charge < -0.3 is 24.8 Å². The lowest BCUT2D eigenvalue weighted by Gasteiger charge is -2.33. The monoisotopic (exact) mass is 464 g/mol. The van der Waals surface area contributed by atoms with Crippen LogP contribution < -0.4 is 4.74 Å². The maximum atomic E-state index is 13.0. The van der Waals surface area contributed by atoms with E-state index >= 15 is 0 Å². The van der Waals surface area contributed by atoms with Crippen LogP contribution in [0.4, 0.5) is 10.5 Å². The molecule has 0 aliphatic carbocycles. The zero-order chi connectivity index (χ0) is 24.0. The molecule has 0 bridgehead atoms. The smallest absolute Gasteiger partial charge is 0.407 e. The standard InChI is InChI=1S/C23H20N4O7/c28-18-5-4-15-21(29)19(10-13-11-24-20-14(13)2-1-3-17(20)27(32)33)34-22(15)16(18)12-25-6-8-26(9-7-25)23(30)31/h1-5,10-11,24,28H,6-9,12H2,(H,30,31). The summed E-state index contributed by atoms with van der Waals surface area (Å²) in [7, 11) is 0. The molecule has 1 aromatic heterocycles. The largest absolute Gasteiger partial charge is 0.507 e. The molecule has 1 fully saturated rings. The first-order chi connectivity index (χ1) is 16.3. The second kappa shape index (κ2) is 8.19. The van der Waals surface area contributed by atoms with Crippen molar-refractivity contribution in [2.75, 3.05) is 26.2 Å². The third-order valence-corrected chi connectivity index (χ3v) is 6.15. The number of aromatic amines is 1. The zero-order valence-electron chi connectivity index (χ0n) is 17.9. The van der Waals surface area contributed by atoms with Gasteiger partial charge in [0.2, 0.25) is 5.78 Å². The number of piperazine rings is 1. The van der Waals surface area contributed by atoms with Gasteiger partial charge in [0.25, 0.3) is 5.69 Å². The number of nitro benzene ring substituents is 1. The third-order valence-electron chi connectivity index (χ3n) is 6.15. The number of ether oxygens (including phenoxy) is 1. The lowest BCUT2D eigenvalue weighted by Crippen LogP contribution is -2.47. The van der Waals surface area contributed by atoms with Crippen LogP contribution >= 0.6 is 0 Å².